The van der Waals surface area contributed by atoms with Crippen LogP contribution < -0.4 is 0 Å². The molecule has 1 heterocycles. The molecule has 1 aromatic rings. The molecule has 1 aliphatic carbocycles. The normalized spacial score (nSPS) is 19.1. The molecule has 90 valence electrons. The fourth-order valence-corrected chi connectivity index (χ4v) is 2.68. The van der Waals surface area contributed by atoms with E-state index in [1.54, 1.807) is 0 Å². The van der Waals surface area contributed by atoms with Gasteiger partial charge in [0.05, 0.1) is 12.3 Å². The van der Waals surface area contributed by atoms with Crippen LogP contribution in [0.2, 0.25) is 0 Å². The van der Waals surface area contributed by atoms with Crippen molar-refractivity contribution in [1.82, 2.24) is 9.78 Å². The molecule has 0 spiro atoms. The van der Waals surface area contributed by atoms with Crippen LogP contribution in [-0.4, -0.2) is 21.0 Å². The van der Waals surface area contributed by atoms with Crippen LogP contribution in [0, 0.1) is 5.92 Å². The van der Waals surface area contributed by atoms with Gasteiger partial charge in [0.1, 0.15) is 0 Å². The number of rotatable bonds is 5. The van der Waals surface area contributed by atoms with Gasteiger partial charge in [-0.2, -0.15) is 5.10 Å². The standard InChI is InChI=1S/C13H22N2O/c1-15-10-12(9-14-15)6-7-13(16)8-11-4-2-3-5-11/h9-11,13,16H,2-8H2,1H3. The maximum atomic E-state index is 9.95. The monoisotopic (exact) mass is 222 g/mol. The van der Waals surface area contributed by atoms with Crippen LogP contribution in [0.25, 0.3) is 0 Å². The van der Waals surface area contributed by atoms with Gasteiger partial charge in [-0.3, -0.25) is 4.68 Å². The maximum Gasteiger partial charge on any atom is 0.0546 e. The van der Waals surface area contributed by atoms with Gasteiger partial charge in [0, 0.05) is 13.2 Å². The second-order valence-corrected chi connectivity index (χ2v) is 5.10. The Bertz CT molecular complexity index is 315. The highest BCUT2D eigenvalue weighted by atomic mass is 16.3. The number of aromatic nitrogens is 2. The molecule has 1 aliphatic rings. The zero-order chi connectivity index (χ0) is 11.4. The van der Waals surface area contributed by atoms with Crippen molar-refractivity contribution in [3.8, 4) is 0 Å². The number of nitrogens with zero attached hydrogens (tertiary/aromatic N) is 2. The summed E-state index contributed by atoms with van der Waals surface area (Å²) >= 11 is 0. The first-order valence-corrected chi connectivity index (χ1v) is 6.39. The largest absolute Gasteiger partial charge is 0.393 e. The number of aliphatic hydroxyl groups is 1. The lowest BCUT2D eigenvalue weighted by Crippen LogP contribution is -2.12. The Morgan fingerprint density at radius 2 is 2.25 bits per heavy atom. The highest BCUT2D eigenvalue weighted by molar-refractivity contribution is 5.03. The number of aryl methyl sites for hydroxylation is 2. The van der Waals surface area contributed by atoms with E-state index in [4.69, 9.17) is 0 Å². The molecule has 1 unspecified atom stereocenters. The fraction of sp³-hybridized carbons (Fsp3) is 0.769. The Kier molecular flexibility index (Phi) is 3.99. The molecule has 1 fully saturated rings. The van der Waals surface area contributed by atoms with Gasteiger partial charge in [0.2, 0.25) is 0 Å². The topological polar surface area (TPSA) is 38.0 Å². The molecule has 0 radical (unpaired) electrons. The first-order chi connectivity index (χ1) is 7.74. The summed E-state index contributed by atoms with van der Waals surface area (Å²) in [6.45, 7) is 0. The van der Waals surface area contributed by atoms with Gasteiger partial charge in [0.25, 0.3) is 0 Å². The van der Waals surface area contributed by atoms with Crippen molar-refractivity contribution >= 4 is 0 Å². The SMILES string of the molecule is Cn1cc(CCC(O)CC2CCCC2)cn1. The van der Waals surface area contributed by atoms with Gasteiger partial charge < -0.3 is 5.11 Å². The Hall–Kier alpha value is -0.830. The van der Waals surface area contributed by atoms with E-state index in [0.717, 1.165) is 25.2 Å². The van der Waals surface area contributed by atoms with E-state index in [9.17, 15) is 5.11 Å². The molecule has 0 aliphatic heterocycles. The van der Waals surface area contributed by atoms with Crippen molar-refractivity contribution in [1.29, 1.82) is 0 Å². The molecule has 1 N–H and O–H groups in total. The quantitative estimate of drug-likeness (QED) is 0.830. The van der Waals surface area contributed by atoms with Crippen molar-refractivity contribution in [3.05, 3.63) is 18.0 Å². The average Bonchev–Trinajstić information content (AvgIpc) is 2.87. The summed E-state index contributed by atoms with van der Waals surface area (Å²) in [6.07, 6.45) is 12.0. The van der Waals surface area contributed by atoms with Crippen molar-refractivity contribution in [3.63, 3.8) is 0 Å². The van der Waals surface area contributed by atoms with E-state index in [2.05, 4.69) is 5.10 Å². The maximum absolute atomic E-state index is 9.95. The van der Waals surface area contributed by atoms with Crippen LogP contribution in [0.4, 0.5) is 0 Å². The second-order valence-electron chi connectivity index (χ2n) is 5.10. The minimum absolute atomic E-state index is 0.122. The predicted molar refractivity (Wildman–Crippen MR) is 64.1 cm³/mol. The zero-order valence-corrected chi connectivity index (χ0v) is 10.1. The van der Waals surface area contributed by atoms with Crippen LogP contribution in [-0.2, 0) is 13.5 Å². The highest BCUT2D eigenvalue weighted by Gasteiger charge is 2.18. The molecule has 16 heavy (non-hydrogen) atoms. The first kappa shape index (κ1) is 11.6. The lowest BCUT2D eigenvalue weighted by molar-refractivity contribution is 0.134. The van der Waals surface area contributed by atoms with Crippen LogP contribution in [0.3, 0.4) is 0 Å². The van der Waals surface area contributed by atoms with Gasteiger partial charge in [-0.15, -0.1) is 0 Å². The Morgan fingerprint density at radius 1 is 1.50 bits per heavy atom. The molecule has 1 atom stereocenters. The molecule has 1 aromatic heterocycles. The summed E-state index contributed by atoms with van der Waals surface area (Å²) in [5, 5.41) is 14.1. The molecule has 0 amide bonds. The summed E-state index contributed by atoms with van der Waals surface area (Å²) in [7, 11) is 1.93. The van der Waals surface area contributed by atoms with Crippen molar-refractivity contribution < 1.29 is 5.11 Å². The van der Waals surface area contributed by atoms with Crippen molar-refractivity contribution in [2.24, 2.45) is 13.0 Å². The van der Waals surface area contributed by atoms with Crippen LogP contribution in [0.1, 0.15) is 44.1 Å². The van der Waals surface area contributed by atoms with E-state index in [-0.39, 0.29) is 6.10 Å². The Labute approximate surface area is 97.5 Å². The molecular formula is C13H22N2O. The summed E-state index contributed by atoms with van der Waals surface area (Å²) in [4.78, 5) is 0. The minimum Gasteiger partial charge on any atom is -0.393 e. The average molecular weight is 222 g/mol. The summed E-state index contributed by atoms with van der Waals surface area (Å²) < 4.78 is 1.82. The lowest BCUT2D eigenvalue weighted by atomic mass is 9.97. The lowest BCUT2D eigenvalue weighted by Gasteiger charge is -2.14. The highest BCUT2D eigenvalue weighted by Crippen LogP contribution is 2.29. The van der Waals surface area contributed by atoms with E-state index in [0.29, 0.717) is 0 Å². The predicted octanol–water partition coefficient (Wildman–Crippen LogP) is 2.29. The van der Waals surface area contributed by atoms with Gasteiger partial charge in [-0.25, -0.2) is 0 Å². The molecule has 0 saturated heterocycles. The van der Waals surface area contributed by atoms with Gasteiger partial charge in [-0.1, -0.05) is 25.7 Å². The number of hydrogen-bond donors (Lipinski definition) is 1. The van der Waals surface area contributed by atoms with E-state index >= 15 is 0 Å². The van der Waals surface area contributed by atoms with E-state index in [1.807, 2.05) is 24.1 Å². The Balaban J connectivity index is 1.68. The molecule has 3 heteroatoms. The molecule has 0 aromatic carbocycles. The fourth-order valence-electron chi connectivity index (χ4n) is 2.68. The zero-order valence-electron chi connectivity index (χ0n) is 10.1. The minimum atomic E-state index is -0.122. The van der Waals surface area contributed by atoms with Gasteiger partial charge in [-0.05, 0) is 30.7 Å². The molecule has 2 rings (SSSR count). The first-order valence-electron chi connectivity index (χ1n) is 6.39. The van der Waals surface area contributed by atoms with E-state index in [1.165, 1.54) is 31.2 Å². The second kappa shape index (κ2) is 5.48. The van der Waals surface area contributed by atoms with Crippen LogP contribution in [0.15, 0.2) is 12.4 Å². The van der Waals surface area contributed by atoms with Gasteiger partial charge >= 0.3 is 0 Å². The molecule has 3 nitrogen and oxygen atoms in total. The number of hydrogen-bond acceptors (Lipinski definition) is 2. The number of aliphatic hydroxyl groups excluding tert-OH is 1. The third-order valence-corrected chi connectivity index (χ3v) is 3.60. The third-order valence-electron chi connectivity index (χ3n) is 3.60. The van der Waals surface area contributed by atoms with Crippen LogP contribution >= 0.6 is 0 Å². The summed E-state index contributed by atoms with van der Waals surface area (Å²) in [6, 6.07) is 0. The van der Waals surface area contributed by atoms with Gasteiger partial charge in [0.15, 0.2) is 0 Å². The summed E-state index contributed by atoms with van der Waals surface area (Å²) in [5.41, 5.74) is 1.23. The molecule has 0 bridgehead atoms. The smallest absolute Gasteiger partial charge is 0.0546 e. The van der Waals surface area contributed by atoms with E-state index < -0.39 is 0 Å². The summed E-state index contributed by atoms with van der Waals surface area (Å²) in [5.74, 6) is 0.781. The van der Waals surface area contributed by atoms with Crippen molar-refractivity contribution in [2.75, 3.05) is 0 Å². The Morgan fingerprint density at radius 3 is 2.88 bits per heavy atom. The van der Waals surface area contributed by atoms with Crippen LogP contribution in [0.5, 0.6) is 0 Å². The molecule has 1 saturated carbocycles. The third kappa shape index (κ3) is 3.34. The molecular weight excluding hydrogens is 200 g/mol. The van der Waals surface area contributed by atoms with Crippen molar-refractivity contribution in [2.45, 2.75) is 51.0 Å².